The average molecular weight is 921 g/mol. The first-order chi connectivity index (χ1) is 27.6. The zero-order valence-corrected chi connectivity index (χ0v) is 34.5. The van der Waals surface area contributed by atoms with E-state index in [1.54, 1.807) is 6.92 Å². The predicted octanol–water partition coefficient (Wildman–Crippen LogP) is 4.11. The zero-order valence-electron chi connectivity index (χ0n) is 31.8. The fraction of sp³-hybridized carbons (Fsp3) is 0.238. The Balaban J connectivity index is 0.00000302. The number of nitrogens with one attached hydrogen (secondary N) is 3. The normalized spacial score (nSPS) is 11.6. The minimum Gasteiger partial charge on any atom is -2.00 e. The number of hydrogen-bond donors (Lipinski definition) is 9. The number of rotatable bonds is 13. The van der Waals surface area contributed by atoms with Crippen molar-refractivity contribution in [1.82, 2.24) is 16.0 Å². The second-order valence-electron chi connectivity index (χ2n) is 14.5. The Morgan fingerprint density at radius 1 is 0.517 bits per heavy atom. The molecule has 3 amide bonds. The number of Topliss-reactive ketones (excluding diaryl/α,β-unsaturated/α-hetero) is 1. The van der Waals surface area contributed by atoms with Gasteiger partial charge in [0, 0.05) is 93.8 Å². The summed E-state index contributed by atoms with van der Waals surface area (Å²) < 4.78 is 0. The summed E-state index contributed by atoms with van der Waals surface area (Å²) in [5, 5.41) is 75.6. The third-order valence-corrected chi connectivity index (χ3v) is 11.7. The molecule has 60 heavy (non-hydrogen) atoms. The SMILES string of the molecule is CC(=O)CNC(=O)CSCC(=O)NCCCCCNC(=O)c1cc(O)c2c(=O)c3c(O)cc(O)c4c5c(O)cc(O)c6c(=O)c7c(O)cc(C)c8c1c2c(c34)c(c78)c65.[99Tc].[O-2]. The van der Waals surface area contributed by atoms with Gasteiger partial charge >= 0.3 is 0 Å². The molecular formula is C42H35N3O13STc-2. The molecule has 0 atom stereocenters. The van der Waals surface area contributed by atoms with Crippen molar-refractivity contribution in [2.45, 2.75) is 33.1 Å². The summed E-state index contributed by atoms with van der Waals surface area (Å²) in [6.07, 6.45) is 1.68. The van der Waals surface area contributed by atoms with E-state index in [1.165, 1.54) is 13.0 Å². The van der Waals surface area contributed by atoms with Gasteiger partial charge in [0.1, 0.15) is 40.3 Å². The van der Waals surface area contributed by atoms with Crippen LogP contribution >= 0.6 is 11.8 Å². The van der Waals surface area contributed by atoms with Gasteiger partial charge in [-0.2, -0.15) is 0 Å². The Morgan fingerprint density at radius 3 is 1.43 bits per heavy atom. The number of aromatic hydroxyl groups is 6. The van der Waals surface area contributed by atoms with Gasteiger partial charge in [0.15, 0.2) is 0 Å². The number of carbonyl (C=O) groups is 4. The van der Waals surface area contributed by atoms with Gasteiger partial charge in [-0.15, -0.1) is 11.8 Å². The first-order valence-electron chi connectivity index (χ1n) is 18.3. The topological polar surface area (TPSA) is 288 Å². The van der Waals surface area contributed by atoms with Crippen molar-refractivity contribution in [2.75, 3.05) is 31.1 Å². The fourth-order valence-corrected chi connectivity index (χ4v) is 9.16. The summed E-state index contributed by atoms with van der Waals surface area (Å²) in [4.78, 5) is 77.7. The van der Waals surface area contributed by atoms with E-state index in [2.05, 4.69) is 16.0 Å². The van der Waals surface area contributed by atoms with Crippen LogP contribution in [0.25, 0.3) is 75.4 Å². The first kappa shape index (κ1) is 43.4. The molecule has 18 heteroatoms. The van der Waals surface area contributed by atoms with Gasteiger partial charge in [-0.3, -0.25) is 28.8 Å². The third kappa shape index (κ3) is 6.56. The number of carbonyl (C=O) groups excluding carboxylic acids is 4. The summed E-state index contributed by atoms with van der Waals surface area (Å²) in [5.41, 5.74) is -1.29. The molecule has 0 heterocycles. The molecule has 16 nitrogen and oxygen atoms in total. The molecule has 0 saturated carbocycles. The van der Waals surface area contributed by atoms with Crippen LogP contribution in [0.3, 0.4) is 0 Å². The Morgan fingerprint density at radius 2 is 0.917 bits per heavy atom. The van der Waals surface area contributed by atoms with Gasteiger partial charge in [0.05, 0.1) is 45.2 Å². The minimum absolute atomic E-state index is 0. The van der Waals surface area contributed by atoms with Gasteiger partial charge in [-0.05, 0) is 56.2 Å². The summed E-state index contributed by atoms with van der Waals surface area (Å²) in [6.45, 7) is 3.47. The molecule has 0 aromatic heterocycles. The van der Waals surface area contributed by atoms with Crippen LogP contribution in [0.1, 0.15) is 42.1 Å². The smallest absolute Gasteiger partial charge is 0.252 e. The van der Waals surface area contributed by atoms with Gasteiger partial charge in [-0.25, -0.2) is 0 Å². The van der Waals surface area contributed by atoms with Crippen molar-refractivity contribution in [3.8, 4) is 34.5 Å². The molecular weight excluding hydrogens is 885 g/mol. The van der Waals surface area contributed by atoms with Gasteiger partial charge < -0.3 is 52.1 Å². The Hall–Kier alpha value is -6.20. The molecule has 0 fully saturated rings. The van der Waals surface area contributed by atoms with E-state index in [0.717, 1.165) is 30.0 Å². The number of thioether (sulfide) groups is 1. The number of aryl methyl sites for hydroxylation is 1. The fourth-order valence-electron chi connectivity index (χ4n) is 8.48. The van der Waals surface area contributed by atoms with Crippen LogP contribution in [0.15, 0.2) is 33.9 Å². The molecule has 0 saturated heterocycles. The molecule has 8 aromatic rings. The maximum atomic E-state index is 14.4. The molecule has 8 aromatic carbocycles. The van der Waals surface area contributed by atoms with Crippen LogP contribution in [0.5, 0.6) is 34.5 Å². The molecule has 0 aliphatic carbocycles. The quantitative estimate of drug-likeness (QED) is 0.0448. The van der Waals surface area contributed by atoms with Crippen LogP contribution in [0.4, 0.5) is 0 Å². The van der Waals surface area contributed by atoms with Crippen LogP contribution in [-0.4, -0.2) is 85.3 Å². The summed E-state index contributed by atoms with van der Waals surface area (Å²) in [6, 6.07) is 4.31. The van der Waals surface area contributed by atoms with Crippen molar-refractivity contribution in [2.24, 2.45) is 0 Å². The number of amides is 3. The summed E-state index contributed by atoms with van der Waals surface area (Å²) in [7, 11) is 0. The first-order valence-corrected chi connectivity index (χ1v) is 19.5. The van der Waals surface area contributed by atoms with E-state index in [4.69, 9.17) is 0 Å². The van der Waals surface area contributed by atoms with Crippen LogP contribution in [-0.2, 0) is 40.0 Å². The zero-order chi connectivity index (χ0) is 41.5. The largest absolute Gasteiger partial charge is 2.00 e. The third-order valence-electron chi connectivity index (χ3n) is 10.7. The molecule has 0 unspecified atom stereocenters. The van der Waals surface area contributed by atoms with Crippen molar-refractivity contribution in [3.63, 3.8) is 0 Å². The maximum Gasteiger partial charge on any atom is 0.252 e. The van der Waals surface area contributed by atoms with Crippen molar-refractivity contribution in [1.29, 1.82) is 0 Å². The van der Waals surface area contributed by atoms with Crippen LogP contribution < -0.4 is 26.8 Å². The van der Waals surface area contributed by atoms with Gasteiger partial charge in [0.25, 0.3) is 5.91 Å². The van der Waals surface area contributed by atoms with Crippen molar-refractivity contribution < 1.29 is 75.4 Å². The van der Waals surface area contributed by atoms with Crippen molar-refractivity contribution in [3.05, 3.63) is 55.8 Å². The molecule has 0 aliphatic rings. The van der Waals surface area contributed by atoms with Crippen molar-refractivity contribution >= 4 is 111 Å². The second-order valence-corrected chi connectivity index (χ2v) is 15.5. The molecule has 0 bridgehead atoms. The molecule has 1 radical (unpaired) electrons. The Labute approximate surface area is 355 Å². The molecule has 0 spiro atoms. The van der Waals surface area contributed by atoms with Crippen LogP contribution in [0, 0.1) is 6.92 Å². The Bertz CT molecular complexity index is 3190. The van der Waals surface area contributed by atoms with Crippen LogP contribution in [0.2, 0.25) is 0 Å². The number of hydrogen-bond acceptors (Lipinski definition) is 13. The standard InChI is InChI=1S/C42H35N3O12S.O.Tc/c1-15-8-18(47)30-34-26(15)27-17(42(57)44-7-5-3-4-6-43-24(53)13-58-14-25(54)45-12-16(2)46)9-19(48)31-35(27)39-37-29(21(50)11-23(52)33(37)41(31)56)28-20(49)10-22(51)32(40(30)55)36(28)38(34)39;;/h8-11,47-52H,3-7,12-14H2,1-2H3,(H,43,53)(H,44,57)(H,45,54);;/q;-2;/i;;1+1. The number of fused-ring (bicyclic) bond motifs is 2. The van der Waals surface area contributed by atoms with E-state index in [0.29, 0.717) is 31.4 Å². The van der Waals surface area contributed by atoms with Gasteiger partial charge in [-0.1, -0.05) is 0 Å². The van der Waals surface area contributed by atoms with E-state index in [9.17, 15) is 59.4 Å². The molecule has 0 aliphatic heterocycles. The summed E-state index contributed by atoms with van der Waals surface area (Å²) >= 11 is 1.12. The predicted molar refractivity (Wildman–Crippen MR) is 222 cm³/mol. The number of ketones is 1. The summed E-state index contributed by atoms with van der Waals surface area (Å²) in [5.74, 6) is -4.63. The minimum atomic E-state index is -0.825. The van der Waals surface area contributed by atoms with Gasteiger partial charge in [0.2, 0.25) is 22.7 Å². The molecule has 8 rings (SSSR count). The van der Waals surface area contributed by atoms with E-state index >= 15 is 0 Å². The molecule has 9 N–H and O–H groups in total. The maximum absolute atomic E-state index is 14.4. The Kier molecular flexibility index (Phi) is 11.6. The van der Waals surface area contributed by atoms with E-state index < -0.39 is 51.3 Å². The number of unbranched alkanes of at least 4 members (excludes halogenated alkanes) is 2. The second kappa shape index (κ2) is 16.1. The molecule has 311 valence electrons. The number of phenols is 6. The average Bonchev–Trinajstić information content (AvgIpc) is 3.15. The van der Waals surface area contributed by atoms with E-state index in [1.807, 2.05) is 0 Å². The number of benzene rings is 8. The van der Waals surface area contributed by atoms with E-state index in [-0.39, 0.29) is 149 Å². The monoisotopic (exact) mass is 920 g/mol. The number of phenolic OH excluding ortho intramolecular Hbond substituents is 6.